The first kappa shape index (κ1) is 10.0. The van der Waals surface area contributed by atoms with Gasteiger partial charge >= 0.3 is 0 Å². The molecular formula is C9H11N3O2. The van der Waals surface area contributed by atoms with Crippen LogP contribution in [0, 0.1) is 0 Å². The second kappa shape index (κ2) is 4.86. The lowest BCUT2D eigenvalue weighted by atomic mass is 10.1. The van der Waals surface area contributed by atoms with Gasteiger partial charge in [0.15, 0.2) is 0 Å². The molecule has 1 aromatic carbocycles. The molecule has 0 aromatic heterocycles. The number of hydrogen-bond acceptors (Lipinski definition) is 5. The zero-order chi connectivity index (χ0) is 10.4. The molecule has 0 heterocycles. The van der Waals surface area contributed by atoms with Crippen molar-refractivity contribution < 1.29 is 9.94 Å². The number of nitrogens with two attached hydrogens (primary N) is 1. The van der Waals surface area contributed by atoms with E-state index in [-0.39, 0.29) is 0 Å². The summed E-state index contributed by atoms with van der Waals surface area (Å²) < 4.78 is 4.99. The fourth-order valence-electron chi connectivity index (χ4n) is 0.999. The monoisotopic (exact) mass is 193 g/mol. The van der Waals surface area contributed by atoms with Gasteiger partial charge in [-0.3, -0.25) is 0 Å². The van der Waals surface area contributed by atoms with E-state index < -0.39 is 0 Å². The summed E-state index contributed by atoms with van der Waals surface area (Å²) in [6.45, 7) is 0. The lowest BCUT2D eigenvalue weighted by Gasteiger charge is -2.01. The molecule has 74 valence electrons. The van der Waals surface area contributed by atoms with Crippen LogP contribution < -0.4 is 10.6 Å². The van der Waals surface area contributed by atoms with Gasteiger partial charge in [-0.15, -0.1) is 0 Å². The fraction of sp³-hybridized carbons (Fsp3) is 0.111. The van der Waals surface area contributed by atoms with Crippen LogP contribution in [0.25, 0.3) is 0 Å². The van der Waals surface area contributed by atoms with Crippen molar-refractivity contribution in [1.82, 2.24) is 0 Å². The lowest BCUT2D eigenvalue weighted by Crippen LogP contribution is -2.05. The number of rotatable bonds is 3. The molecule has 1 rings (SSSR count). The SMILES string of the molecule is COc1ccc(C(/C=N/O)=N/N)cc1. The molecule has 0 atom stereocenters. The average Bonchev–Trinajstić information content (AvgIpc) is 2.26. The summed E-state index contributed by atoms with van der Waals surface area (Å²) in [5.41, 5.74) is 1.15. The molecule has 0 saturated carbocycles. The second-order valence-electron chi connectivity index (χ2n) is 2.49. The van der Waals surface area contributed by atoms with E-state index in [9.17, 15) is 0 Å². The third-order valence-corrected chi connectivity index (χ3v) is 1.70. The molecule has 14 heavy (non-hydrogen) atoms. The molecule has 0 saturated heterocycles. The van der Waals surface area contributed by atoms with E-state index in [1.165, 1.54) is 6.21 Å². The summed E-state index contributed by atoms with van der Waals surface area (Å²) in [5, 5.41) is 14.7. The lowest BCUT2D eigenvalue weighted by molar-refractivity contribution is 0.322. The van der Waals surface area contributed by atoms with Crippen molar-refractivity contribution in [3.63, 3.8) is 0 Å². The van der Waals surface area contributed by atoms with Crippen LogP contribution in [-0.2, 0) is 0 Å². The zero-order valence-corrected chi connectivity index (χ0v) is 7.71. The summed E-state index contributed by atoms with van der Waals surface area (Å²) in [6.07, 6.45) is 1.17. The van der Waals surface area contributed by atoms with Crippen LogP contribution in [0.1, 0.15) is 5.56 Å². The Balaban J connectivity index is 2.96. The van der Waals surface area contributed by atoms with Crippen molar-refractivity contribution in [3.05, 3.63) is 29.8 Å². The molecule has 0 radical (unpaired) electrons. The van der Waals surface area contributed by atoms with Gasteiger partial charge in [0.1, 0.15) is 11.5 Å². The highest BCUT2D eigenvalue weighted by atomic mass is 16.5. The molecule has 0 amide bonds. The number of nitrogens with zero attached hydrogens (tertiary/aromatic N) is 2. The summed E-state index contributed by atoms with van der Waals surface area (Å²) in [4.78, 5) is 0. The Bertz CT molecular complexity index is 344. The predicted molar refractivity (Wildman–Crippen MR) is 54.0 cm³/mol. The minimum absolute atomic E-state index is 0.398. The van der Waals surface area contributed by atoms with E-state index in [4.69, 9.17) is 15.8 Å². The highest BCUT2D eigenvalue weighted by molar-refractivity contribution is 6.38. The Kier molecular flexibility index (Phi) is 3.49. The van der Waals surface area contributed by atoms with E-state index >= 15 is 0 Å². The van der Waals surface area contributed by atoms with Gasteiger partial charge in [0.2, 0.25) is 0 Å². The number of hydrogen-bond donors (Lipinski definition) is 2. The maximum Gasteiger partial charge on any atom is 0.118 e. The van der Waals surface area contributed by atoms with Crippen molar-refractivity contribution in [2.45, 2.75) is 0 Å². The van der Waals surface area contributed by atoms with Crippen LogP contribution in [-0.4, -0.2) is 24.2 Å². The first-order chi connectivity index (χ1) is 6.81. The molecule has 0 fully saturated rings. The van der Waals surface area contributed by atoms with Crippen molar-refractivity contribution in [2.24, 2.45) is 16.1 Å². The molecule has 1 aromatic rings. The smallest absolute Gasteiger partial charge is 0.118 e. The van der Waals surface area contributed by atoms with Crippen molar-refractivity contribution in [3.8, 4) is 5.75 Å². The summed E-state index contributed by atoms with van der Waals surface area (Å²) >= 11 is 0. The predicted octanol–water partition coefficient (Wildman–Crippen LogP) is 0.818. The van der Waals surface area contributed by atoms with Gasteiger partial charge in [-0.1, -0.05) is 5.16 Å². The van der Waals surface area contributed by atoms with Gasteiger partial charge < -0.3 is 15.8 Å². The molecule has 5 heteroatoms. The second-order valence-corrected chi connectivity index (χ2v) is 2.49. The molecule has 0 unspecified atom stereocenters. The summed E-state index contributed by atoms with van der Waals surface area (Å²) in [7, 11) is 1.59. The summed E-state index contributed by atoms with van der Waals surface area (Å²) in [5.74, 6) is 5.86. The highest BCUT2D eigenvalue weighted by Gasteiger charge is 2.00. The maximum atomic E-state index is 8.34. The first-order valence-corrected chi connectivity index (χ1v) is 3.91. The Morgan fingerprint density at radius 2 is 2.07 bits per heavy atom. The molecule has 3 N–H and O–H groups in total. The Labute approximate surface area is 81.5 Å². The number of ether oxygens (including phenoxy) is 1. The standard InChI is InChI=1S/C9H11N3O2/c1-14-8-4-2-7(3-5-8)9(12-10)6-11-13/h2-6,13H,10H2,1H3/b11-6+,12-9+. The van der Waals surface area contributed by atoms with Crippen molar-refractivity contribution in [2.75, 3.05) is 7.11 Å². The van der Waals surface area contributed by atoms with Gasteiger partial charge in [-0.05, 0) is 24.3 Å². The van der Waals surface area contributed by atoms with E-state index in [0.717, 1.165) is 11.3 Å². The Morgan fingerprint density at radius 1 is 1.43 bits per heavy atom. The number of oxime groups is 1. The van der Waals surface area contributed by atoms with Crippen LogP contribution in [0.15, 0.2) is 34.5 Å². The Hall–Kier alpha value is -2.04. The number of methoxy groups -OCH3 is 1. The molecule has 0 bridgehead atoms. The molecule has 0 aliphatic heterocycles. The quantitative estimate of drug-likeness (QED) is 0.323. The molecule has 5 nitrogen and oxygen atoms in total. The van der Waals surface area contributed by atoms with Gasteiger partial charge in [0.05, 0.1) is 13.3 Å². The van der Waals surface area contributed by atoms with Crippen LogP contribution in [0.5, 0.6) is 5.75 Å². The third kappa shape index (κ3) is 2.22. The topological polar surface area (TPSA) is 80.2 Å². The minimum Gasteiger partial charge on any atom is -0.497 e. The summed E-state index contributed by atoms with van der Waals surface area (Å²) in [6, 6.07) is 7.08. The molecule has 0 aliphatic rings. The zero-order valence-electron chi connectivity index (χ0n) is 7.71. The third-order valence-electron chi connectivity index (χ3n) is 1.70. The van der Waals surface area contributed by atoms with Gasteiger partial charge in [0.25, 0.3) is 0 Å². The first-order valence-electron chi connectivity index (χ1n) is 3.91. The Morgan fingerprint density at radius 3 is 2.50 bits per heavy atom. The van der Waals surface area contributed by atoms with Gasteiger partial charge in [-0.25, -0.2) is 0 Å². The largest absolute Gasteiger partial charge is 0.497 e. The van der Waals surface area contributed by atoms with Crippen LogP contribution in [0.3, 0.4) is 0 Å². The highest BCUT2D eigenvalue weighted by Crippen LogP contribution is 2.11. The number of hydrazone groups is 1. The average molecular weight is 193 g/mol. The fourth-order valence-corrected chi connectivity index (χ4v) is 0.999. The van der Waals surface area contributed by atoms with Crippen LogP contribution >= 0.6 is 0 Å². The van der Waals surface area contributed by atoms with Crippen LogP contribution in [0.2, 0.25) is 0 Å². The van der Waals surface area contributed by atoms with E-state index in [2.05, 4.69) is 10.3 Å². The molecule has 0 aliphatic carbocycles. The normalized spacial score (nSPS) is 11.9. The van der Waals surface area contributed by atoms with Crippen molar-refractivity contribution in [1.29, 1.82) is 0 Å². The maximum absolute atomic E-state index is 8.34. The van der Waals surface area contributed by atoms with E-state index in [1.807, 2.05) is 0 Å². The molecule has 0 spiro atoms. The van der Waals surface area contributed by atoms with Gasteiger partial charge in [-0.2, -0.15) is 5.10 Å². The van der Waals surface area contributed by atoms with E-state index in [1.54, 1.807) is 31.4 Å². The molecular weight excluding hydrogens is 182 g/mol. The van der Waals surface area contributed by atoms with E-state index in [0.29, 0.717) is 5.71 Å². The minimum atomic E-state index is 0.398. The number of benzene rings is 1. The van der Waals surface area contributed by atoms with Gasteiger partial charge in [0, 0.05) is 5.56 Å². The van der Waals surface area contributed by atoms with Crippen LogP contribution in [0.4, 0.5) is 0 Å². The van der Waals surface area contributed by atoms with Crippen molar-refractivity contribution >= 4 is 11.9 Å².